The Balaban J connectivity index is 2.31. The van der Waals surface area contributed by atoms with E-state index in [4.69, 9.17) is 9.84 Å². The first-order chi connectivity index (χ1) is 13.4. The Morgan fingerprint density at radius 1 is 0.821 bits per heavy atom. The summed E-state index contributed by atoms with van der Waals surface area (Å²) in [5.74, 6) is -0.576. The first-order valence-electron chi connectivity index (χ1n) is 11.9. The molecule has 4 nitrogen and oxygen atoms in total. The maximum absolute atomic E-state index is 12.6. The fourth-order valence-corrected chi connectivity index (χ4v) is 4.12. The molecular weight excluding hydrogens is 352 g/mol. The van der Waals surface area contributed by atoms with Gasteiger partial charge in [-0.05, 0) is 57.3 Å². The highest BCUT2D eigenvalue weighted by molar-refractivity contribution is 5.74. The fourth-order valence-electron chi connectivity index (χ4n) is 4.12. The van der Waals surface area contributed by atoms with Crippen molar-refractivity contribution in [3.05, 3.63) is 0 Å². The Morgan fingerprint density at radius 3 is 1.89 bits per heavy atom. The van der Waals surface area contributed by atoms with E-state index in [1.807, 2.05) is 0 Å². The molecule has 1 saturated carbocycles. The third kappa shape index (κ3) is 11.1. The molecule has 0 heterocycles. The smallest absolute Gasteiger partial charge is 0.309 e. The molecule has 0 amide bonds. The minimum absolute atomic E-state index is 0.0344. The minimum atomic E-state index is -0.726. The summed E-state index contributed by atoms with van der Waals surface area (Å²) in [6, 6.07) is 0. The summed E-state index contributed by atoms with van der Waals surface area (Å²) >= 11 is 0. The monoisotopic (exact) mass is 396 g/mol. The number of carbonyl (C=O) groups excluding carboxylic acids is 1. The van der Waals surface area contributed by atoms with Crippen LogP contribution in [0.4, 0.5) is 0 Å². The van der Waals surface area contributed by atoms with E-state index in [1.165, 1.54) is 44.9 Å². The summed E-state index contributed by atoms with van der Waals surface area (Å²) in [6.07, 6.45) is 15.9. The highest BCUT2D eigenvalue weighted by Gasteiger charge is 2.31. The minimum Gasteiger partial charge on any atom is -0.481 e. The summed E-state index contributed by atoms with van der Waals surface area (Å²) in [7, 11) is 0. The molecule has 1 unspecified atom stereocenters. The number of carbonyl (C=O) groups is 2. The summed E-state index contributed by atoms with van der Waals surface area (Å²) in [5, 5.41) is 9.12. The quantitative estimate of drug-likeness (QED) is 0.245. The van der Waals surface area contributed by atoms with Gasteiger partial charge in [0.05, 0.1) is 11.8 Å². The van der Waals surface area contributed by atoms with E-state index in [1.54, 1.807) is 0 Å². The lowest BCUT2D eigenvalue weighted by atomic mass is 9.82. The van der Waals surface area contributed by atoms with Crippen LogP contribution < -0.4 is 0 Å². The van der Waals surface area contributed by atoms with Crippen molar-refractivity contribution in [2.75, 3.05) is 0 Å². The van der Waals surface area contributed by atoms with Gasteiger partial charge < -0.3 is 9.84 Å². The van der Waals surface area contributed by atoms with Crippen molar-refractivity contribution < 1.29 is 19.4 Å². The number of hydrogen-bond donors (Lipinski definition) is 1. The summed E-state index contributed by atoms with van der Waals surface area (Å²) in [5.41, 5.74) is 0. The SMILES string of the molecule is CCCCCCCCCCC(CCC(C)C)OC(=O)C1CCC(C(=O)O)CC1. The second-order valence-corrected chi connectivity index (χ2v) is 9.18. The Morgan fingerprint density at radius 2 is 1.36 bits per heavy atom. The first-order valence-corrected chi connectivity index (χ1v) is 11.9. The number of carboxylic acids is 1. The lowest BCUT2D eigenvalue weighted by Crippen LogP contribution is -2.30. The molecule has 1 atom stereocenters. The fraction of sp³-hybridized carbons (Fsp3) is 0.917. The van der Waals surface area contributed by atoms with Crippen LogP contribution in [0.25, 0.3) is 0 Å². The molecule has 0 aromatic rings. The summed E-state index contributed by atoms with van der Waals surface area (Å²) in [4.78, 5) is 23.7. The van der Waals surface area contributed by atoms with E-state index in [2.05, 4.69) is 20.8 Å². The molecule has 0 radical (unpaired) electrons. The average molecular weight is 397 g/mol. The van der Waals surface area contributed by atoms with Crippen molar-refractivity contribution in [2.24, 2.45) is 17.8 Å². The van der Waals surface area contributed by atoms with Crippen LogP contribution >= 0.6 is 0 Å². The molecule has 0 bridgehead atoms. The Bertz CT molecular complexity index is 424. The molecule has 28 heavy (non-hydrogen) atoms. The normalized spacial score (nSPS) is 20.9. The van der Waals surface area contributed by atoms with Crippen molar-refractivity contribution in [3.63, 3.8) is 0 Å². The molecule has 0 spiro atoms. The van der Waals surface area contributed by atoms with Gasteiger partial charge in [-0.3, -0.25) is 9.59 Å². The van der Waals surface area contributed by atoms with Gasteiger partial charge in [-0.1, -0.05) is 65.7 Å². The Kier molecular flexibility index (Phi) is 13.3. The second kappa shape index (κ2) is 14.9. The molecule has 0 aliphatic heterocycles. The maximum atomic E-state index is 12.6. The van der Waals surface area contributed by atoms with Gasteiger partial charge in [0.1, 0.15) is 6.10 Å². The number of carboxylic acid groups (broad SMARTS) is 1. The van der Waals surface area contributed by atoms with Gasteiger partial charge in [0.25, 0.3) is 0 Å². The largest absolute Gasteiger partial charge is 0.481 e. The molecule has 0 aromatic heterocycles. The molecule has 1 N–H and O–H groups in total. The zero-order chi connectivity index (χ0) is 20.8. The standard InChI is InChI=1S/C24H44O4/c1-4-5-6-7-8-9-10-11-12-22(18-13-19(2)3)28-24(27)21-16-14-20(15-17-21)23(25)26/h19-22H,4-18H2,1-3H3,(H,25,26). The van der Waals surface area contributed by atoms with Gasteiger partial charge in [-0.25, -0.2) is 0 Å². The molecule has 0 saturated heterocycles. The van der Waals surface area contributed by atoms with Crippen molar-refractivity contribution in [3.8, 4) is 0 Å². The number of esters is 1. The van der Waals surface area contributed by atoms with Gasteiger partial charge in [0.15, 0.2) is 0 Å². The third-order valence-electron chi connectivity index (χ3n) is 6.14. The highest BCUT2D eigenvalue weighted by Crippen LogP contribution is 2.30. The molecule has 1 aliphatic carbocycles. The van der Waals surface area contributed by atoms with Gasteiger partial charge in [0, 0.05) is 0 Å². The van der Waals surface area contributed by atoms with E-state index in [-0.39, 0.29) is 23.9 Å². The summed E-state index contributed by atoms with van der Waals surface area (Å²) in [6.45, 7) is 6.67. The van der Waals surface area contributed by atoms with E-state index in [9.17, 15) is 9.59 Å². The van der Waals surface area contributed by atoms with E-state index in [0.717, 1.165) is 25.7 Å². The molecular formula is C24H44O4. The number of hydrogen-bond acceptors (Lipinski definition) is 3. The molecule has 1 fully saturated rings. The highest BCUT2D eigenvalue weighted by atomic mass is 16.5. The molecule has 0 aromatic carbocycles. The van der Waals surface area contributed by atoms with Gasteiger partial charge in [-0.15, -0.1) is 0 Å². The number of rotatable bonds is 15. The lowest BCUT2D eigenvalue weighted by Gasteiger charge is -2.27. The first kappa shape index (κ1) is 25.0. The van der Waals surface area contributed by atoms with Crippen LogP contribution in [-0.4, -0.2) is 23.1 Å². The molecule has 164 valence electrons. The van der Waals surface area contributed by atoms with Crippen LogP contribution in [0, 0.1) is 17.8 Å². The van der Waals surface area contributed by atoms with Crippen LogP contribution in [-0.2, 0) is 14.3 Å². The maximum Gasteiger partial charge on any atom is 0.309 e. The topological polar surface area (TPSA) is 63.6 Å². The van der Waals surface area contributed by atoms with Crippen LogP contribution in [0.3, 0.4) is 0 Å². The van der Waals surface area contributed by atoms with Crippen LogP contribution in [0.1, 0.15) is 117 Å². The van der Waals surface area contributed by atoms with Crippen molar-refractivity contribution in [2.45, 2.75) is 123 Å². The van der Waals surface area contributed by atoms with Crippen molar-refractivity contribution in [1.82, 2.24) is 0 Å². The van der Waals surface area contributed by atoms with Gasteiger partial charge in [-0.2, -0.15) is 0 Å². The lowest BCUT2D eigenvalue weighted by molar-refractivity contribution is -0.158. The molecule has 1 rings (SSSR count). The van der Waals surface area contributed by atoms with Crippen molar-refractivity contribution >= 4 is 11.9 Å². The predicted molar refractivity (Wildman–Crippen MR) is 114 cm³/mol. The van der Waals surface area contributed by atoms with Crippen molar-refractivity contribution in [1.29, 1.82) is 0 Å². The van der Waals surface area contributed by atoms with E-state index < -0.39 is 5.97 Å². The number of aliphatic carboxylic acids is 1. The van der Waals surface area contributed by atoms with Crippen LogP contribution in [0.5, 0.6) is 0 Å². The number of unbranched alkanes of at least 4 members (excludes halogenated alkanes) is 7. The van der Waals surface area contributed by atoms with Gasteiger partial charge in [0.2, 0.25) is 0 Å². The Labute approximate surface area is 172 Å². The average Bonchev–Trinajstić information content (AvgIpc) is 2.67. The van der Waals surface area contributed by atoms with Crippen LogP contribution in [0.2, 0.25) is 0 Å². The zero-order valence-electron chi connectivity index (χ0n) is 18.6. The van der Waals surface area contributed by atoms with E-state index >= 15 is 0 Å². The predicted octanol–water partition coefficient (Wildman–Crippen LogP) is 6.76. The number of ether oxygens (including phenoxy) is 1. The summed E-state index contributed by atoms with van der Waals surface area (Å²) < 4.78 is 5.91. The zero-order valence-corrected chi connectivity index (χ0v) is 18.6. The molecule has 4 heteroatoms. The third-order valence-corrected chi connectivity index (χ3v) is 6.14. The van der Waals surface area contributed by atoms with Crippen LogP contribution in [0.15, 0.2) is 0 Å². The Hall–Kier alpha value is -1.06. The van der Waals surface area contributed by atoms with Gasteiger partial charge >= 0.3 is 11.9 Å². The molecule has 1 aliphatic rings. The van der Waals surface area contributed by atoms with E-state index in [0.29, 0.717) is 31.6 Å². The second-order valence-electron chi connectivity index (χ2n) is 9.18.